The van der Waals surface area contributed by atoms with Gasteiger partial charge in [0.15, 0.2) is 0 Å². The van der Waals surface area contributed by atoms with Crippen molar-refractivity contribution in [3.8, 4) is 11.9 Å². The van der Waals surface area contributed by atoms with Crippen LogP contribution >= 0.6 is 0 Å². The minimum absolute atomic E-state index is 0.311. The van der Waals surface area contributed by atoms with E-state index in [1.165, 1.54) is 11.9 Å². The van der Waals surface area contributed by atoms with Gasteiger partial charge in [0, 0.05) is 37.0 Å². The smallest absolute Gasteiger partial charge is 0.218 e. The van der Waals surface area contributed by atoms with Gasteiger partial charge in [-0.1, -0.05) is 18.2 Å². The van der Waals surface area contributed by atoms with Crippen molar-refractivity contribution >= 4 is 11.5 Å². The van der Waals surface area contributed by atoms with Gasteiger partial charge >= 0.3 is 0 Å². The topological polar surface area (TPSA) is 74.5 Å². The summed E-state index contributed by atoms with van der Waals surface area (Å²) in [6.07, 6.45) is 3.28. The maximum atomic E-state index is 9.18. The van der Waals surface area contributed by atoms with Crippen LogP contribution in [0.2, 0.25) is 0 Å². The molecule has 0 atom stereocenters. The second kappa shape index (κ2) is 7.41. The number of hydrogen-bond acceptors (Lipinski definition) is 7. The van der Waals surface area contributed by atoms with Crippen LogP contribution in [0.3, 0.4) is 0 Å². The summed E-state index contributed by atoms with van der Waals surface area (Å²) in [4.78, 5) is 12.8. The summed E-state index contributed by atoms with van der Waals surface area (Å²) < 4.78 is 11.6. The fraction of sp³-hybridized carbons (Fsp3) is 0.450. The van der Waals surface area contributed by atoms with Crippen LogP contribution in [0.25, 0.3) is 0 Å². The van der Waals surface area contributed by atoms with Gasteiger partial charge < -0.3 is 19.3 Å². The van der Waals surface area contributed by atoms with Crippen molar-refractivity contribution in [3.63, 3.8) is 0 Å². The van der Waals surface area contributed by atoms with Crippen molar-refractivity contribution in [3.05, 3.63) is 42.2 Å². The Labute approximate surface area is 159 Å². The number of nitrogens with zero attached hydrogens (tertiary/aromatic N) is 5. The number of anilines is 2. The number of piperidine rings is 1. The number of hydrogen-bond donors (Lipinski definition) is 0. The van der Waals surface area contributed by atoms with Crippen LogP contribution in [-0.2, 0) is 10.3 Å². The van der Waals surface area contributed by atoms with E-state index in [1.54, 1.807) is 7.11 Å². The summed E-state index contributed by atoms with van der Waals surface area (Å²) in [5.41, 5.74) is 2.00. The van der Waals surface area contributed by atoms with E-state index < -0.39 is 0 Å². The molecule has 0 N–H and O–H groups in total. The summed E-state index contributed by atoms with van der Waals surface area (Å²) in [6, 6.07) is 12.5. The zero-order valence-corrected chi connectivity index (χ0v) is 15.5. The van der Waals surface area contributed by atoms with Crippen LogP contribution in [0.4, 0.5) is 11.5 Å². The van der Waals surface area contributed by atoms with Crippen LogP contribution in [-0.4, -0.2) is 49.9 Å². The van der Waals surface area contributed by atoms with Gasteiger partial charge in [0.05, 0.1) is 25.4 Å². The Hall–Kier alpha value is -2.85. The zero-order chi connectivity index (χ0) is 18.7. The second-order valence-electron chi connectivity index (χ2n) is 6.85. The first-order valence-electron chi connectivity index (χ1n) is 9.22. The fourth-order valence-corrected chi connectivity index (χ4v) is 4.06. The van der Waals surface area contributed by atoms with Gasteiger partial charge in [0.1, 0.15) is 18.7 Å². The zero-order valence-electron chi connectivity index (χ0n) is 15.5. The minimum atomic E-state index is -0.311. The number of nitriles is 1. The summed E-state index contributed by atoms with van der Waals surface area (Å²) in [7, 11) is 1.61. The minimum Gasteiger partial charge on any atom is -0.481 e. The molecule has 1 fully saturated rings. The van der Waals surface area contributed by atoms with Crippen molar-refractivity contribution < 1.29 is 9.47 Å². The quantitative estimate of drug-likeness (QED) is 0.773. The molecule has 0 saturated carbocycles. The summed E-state index contributed by atoms with van der Waals surface area (Å²) in [5, 5.41) is 9.18. The number of methoxy groups -OCH3 is 1. The van der Waals surface area contributed by atoms with Gasteiger partial charge in [0.25, 0.3) is 0 Å². The van der Waals surface area contributed by atoms with Gasteiger partial charge in [-0.3, -0.25) is 0 Å². The lowest BCUT2D eigenvalue weighted by Gasteiger charge is -2.42. The maximum Gasteiger partial charge on any atom is 0.218 e. The molecule has 4 rings (SSSR count). The molecule has 27 heavy (non-hydrogen) atoms. The molecule has 2 aliphatic heterocycles. The average Bonchev–Trinajstić information content (AvgIpc) is 2.87. The van der Waals surface area contributed by atoms with E-state index in [1.807, 2.05) is 12.1 Å². The highest BCUT2D eigenvalue weighted by Crippen LogP contribution is 2.43. The lowest BCUT2D eigenvalue weighted by molar-refractivity contribution is -0.0605. The first-order chi connectivity index (χ1) is 13.3. The Morgan fingerprint density at radius 1 is 1.22 bits per heavy atom. The molecule has 1 aromatic carbocycles. The van der Waals surface area contributed by atoms with Gasteiger partial charge in [0.2, 0.25) is 5.88 Å². The van der Waals surface area contributed by atoms with Crippen molar-refractivity contribution in [2.75, 3.05) is 49.7 Å². The van der Waals surface area contributed by atoms with E-state index in [-0.39, 0.29) is 5.60 Å². The monoisotopic (exact) mass is 365 g/mol. The van der Waals surface area contributed by atoms with E-state index in [0.29, 0.717) is 19.0 Å². The van der Waals surface area contributed by atoms with Crippen LogP contribution in [0.1, 0.15) is 18.4 Å². The molecule has 140 valence electrons. The number of benzene rings is 1. The molecule has 0 radical (unpaired) electrons. The molecule has 1 aromatic heterocycles. The molecular weight excluding hydrogens is 342 g/mol. The molecular formula is C20H23N5O2. The van der Waals surface area contributed by atoms with E-state index in [9.17, 15) is 5.26 Å². The van der Waals surface area contributed by atoms with Gasteiger partial charge in [-0.25, -0.2) is 9.97 Å². The van der Waals surface area contributed by atoms with Crippen molar-refractivity contribution in [2.24, 2.45) is 0 Å². The Bertz CT molecular complexity index is 842. The fourth-order valence-electron chi connectivity index (χ4n) is 4.06. The highest BCUT2D eigenvalue weighted by molar-refractivity contribution is 5.58. The standard InChI is InChI=1S/C20H23N5O2/c1-26-19-14-18(22-15-23-19)25-9-6-20(7-10-25)16-4-2-3-5-17(16)24(11-8-21)12-13-27-20/h2-5,14-15H,6-7,9-13H2,1H3. The first-order valence-corrected chi connectivity index (χ1v) is 9.22. The van der Waals surface area contributed by atoms with E-state index >= 15 is 0 Å². The van der Waals surface area contributed by atoms with Gasteiger partial charge in [-0.05, 0) is 18.9 Å². The molecule has 3 heterocycles. The van der Waals surface area contributed by atoms with Gasteiger partial charge in [-0.15, -0.1) is 0 Å². The highest BCUT2D eigenvalue weighted by Gasteiger charge is 2.41. The van der Waals surface area contributed by atoms with Crippen molar-refractivity contribution in [1.82, 2.24) is 9.97 Å². The van der Waals surface area contributed by atoms with E-state index in [2.05, 4.69) is 44.0 Å². The normalized spacial score (nSPS) is 18.5. The molecule has 0 aliphatic carbocycles. The van der Waals surface area contributed by atoms with Crippen LogP contribution < -0.4 is 14.5 Å². The molecule has 0 bridgehead atoms. The third-order valence-corrected chi connectivity index (χ3v) is 5.47. The lowest BCUT2D eigenvalue weighted by Crippen LogP contribution is -2.44. The van der Waals surface area contributed by atoms with Crippen molar-refractivity contribution in [1.29, 1.82) is 5.26 Å². The van der Waals surface area contributed by atoms with Crippen molar-refractivity contribution in [2.45, 2.75) is 18.4 Å². The molecule has 7 nitrogen and oxygen atoms in total. The Morgan fingerprint density at radius 2 is 2.04 bits per heavy atom. The maximum absolute atomic E-state index is 9.18. The molecule has 7 heteroatoms. The Morgan fingerprint density at radius 3 is 2.81 bits per heavy atom. The van der Waals surface area contributed by atoms with E-state index in [4.69, 9.17) is 9.47 Å². The number of aromatic nitrogens is 2. The van der Waals surface area contributed by atoms with Gasteiger partial charge in [-0.2, -0.15) is 5.26 Å². The number of rotatable bonds is 3. The third kappa shape index (κ3) is 3.28. The molecule has 2 aromatic rings. The third-order valence-electron chi connectivity index (χ3n) is 5.47. The van der Waals surface area contributed by atoms with Crippen LogP contribution in [0.5, 0.6) is 5.88 Å². The Kier molecular flexibility index (Phi) is 4.82. The molecule has 1 saturated heterocycles. The Balaban J connectivity index is 1.59. The number of fused-ring (bicyclic) bond motifs is 2. The number of ether oxygens (including phenoxy) is 2. The van der Waals surface area contributed by atoms with Crippen LogP contribution in [0, 0.1) is 11.3 Å². The lowest BCUT2D eigenvalue weighted by atomic mass is 9.83. The number of para-hydroxylation sites is 1. The highest BCUT2D eigenvalue weighted by atomic mass is 16.5. The predicted octanol–water partition coefficient (Wildman–Crippen LogP) is 2.34. The van der Waals surface area contributed by atoms with Crippen LogP contribution in [0.15, 0.2) is 36.7 Å². The SMILES string of the molecule is COc1cc(N2CCC3(CC2)OCCN(CC#N)c2ccccc23)ncn1. The molecule has 0 amide bonds. The summed E-state index contributed by atoms with van der Waals surface area (Å²) >= 11 is 0. The average molecular weight is 365 g/mol. The first kappa shape index (κ1) is 17.6. The molecule has 2 aliphatic rings. The summed E-state index contributed by atoms with van der Waals surface area (Å²) in [5.74, 6) is 1.45. The van der Waals surface area contributed by atoms with E-state index in [0.717, 1.165) is 44.0 Å². The second-order valence-corrected chi connectivity index (χ2v) is 6.85. The summed E-state index contributed by atoms with van der Waals surface area (Å²) in [6.45, 7) is 3.42. The predicted molar refractivity (Wildman–Crippen MR) is 102 cm³/mol. The largest absolute Gasteiger partial charge is 0.481 e. The molecule has 0 unspecified atom stereocenters. The molecule has 1 spiro atoms.